The minimum absolute atomic E-state index is 0.640. The summed E-state index contributed by atoms with van der Waals surface area (Å²) in [6.07, 6.45) is 0. The lowest BCUT2D eigenvalue weighted by Crippen LogP contribution is -2.18. The van der Waals surface area contributed by atoms with E-state index in [2.05, 4.69) is 46.7 Å². The van der Waals surface area contributed by atoms with E-state index >= 15 is 0 Å². The zero-order valence-corrected chi connectivity index (χ0v) is 17.8. The van der Waals surface area contributed by atoms with Gasteiger partial charge in [0.25, 0.3) is 0 Å². The molecule has 3 rings (SSSR count). The molecule has 0 aromatic heterocycles. The number of nitrogens with two attached hydrogens (primary N) is 1. The van der Waals surface area contributed by atoms with E-state index in [1.807, 2.05) is 66.7 Å². The summed E-state index contributed by atoms with van der Waals surface area (Å²) in [4.78, 5) is 0. The van der Waals surface area contributed by atoms with Crippen molar-refractivity contribution in [2.45, 2.75) is 19.6 Å². The maximum absolute atomic E-state index is 5.49. The van der Waals surface area contributed by atoms with E-state index in [9.17, 15) is 0 Å². The zero-order chi connectivity index (χ0) is 19.4. The van der Waals surface area contributed by atoms with E-state index in [1.54, 1.807) is 0 Å². The third-order valence-corrected chi connectivity index (χ3v) is 6.56. The van der Waals surface area contributed by atoms with Crippen LogP contribution >= 0.6 is 17.8 Å². The number of benzene rings is 3. The standard InChI is InChI=1S/C14H17N2PS2.C7H9N/c18-17(19,15-11-13-7-3-1-4-8-13)16-12-14-9-5-2-6-10-14;8-6-7-4-2-1-3-5-7/h1-10H,11-12H2,(H3,15,16,18,19);1-5H,6,8H2. The fourth-order valence-electron chi connectivity index (χ4n) is 2.26. The van der Waals surface area contributed by atoms with Crippen LogP contribution in [0.15, 0.2) is 91.0 Å². The van der Waals surface area contributed by atoms with Crippen LogP contribution in [0, 0.1) is 0 Å². The third kappa shape index (κ3) is 9.34. The molecular weight excluding hydrogens is 389 g/mol. The molecule has 0 aliphatic rings. The molecule has 0 fully saturated rings. The summed E-state index contributed by atoms with van der Waals surface area (Å²) in [5.74, 6) is 0. The molecule has 6 heteroatoms. The maximum Gasteiger partial charge on any atom is 0.125 e. The first kappa shape index (κ1) is 21.8. The average molecular weight is 416 g/mol. The average Bonchev–Trinajstić information content (AvgIpc) is 2.74. The Kier molecular flexibility index (Phi) is 9.78. The molecule has 142 valence electrons. The summed E-state index contributed by atoms with van der Waals surface area (Å²) in [6.45, 7) is 2.12. The van der Waals surface area contributed by atoms with Crippen molar-refractivity contribution in [2.75, 3.05) is 0 Å². The van der Waals surface area contributed by atoms with Crippen LogP contribution in [0.25, 0.3) is 0 Å². The Morgan fingerprint density at radius 3 is 1.30 bits per heavy atom. The van der Waals surface area contributed by atoms with Gasteiger partial charge >= 0.3 is 0 Å². The Hall–Kier alpha value is -1.46. The molecule has 3 nitrogen and oxygen atoms in total. The van der Waals surface area contributed by atoms with Crippen molar-refractivity contribution >= 4 is 29.6 Å². The van der Waals surface area contributed by atoms with Gasteiger partial charge in [0, 0.05) is 19.6 Å². The molecule has 27 heavy (non-hydrogen) atoms. The van der Waals surface area contributed by atoms with Crippen LogP contribution in [0.2, 0.25) is 0 Å². The van der Waals surface area contributed by atoms with E-state index in [4.69, 9.17) is 17.5 Å². The number of rotatable bonds is 7. The van der Waals surface area contributed by atoms with Crippen molar-refractivity contribution in [1.29, 1.82) is 0 Å². The summed E-state index contributed by atoms with van der Waals surface area (Å²) >= 11 is 10.0. The number of hydrogen-bond acceptors (Lipinski definition) is 2. The second-order valence-electron chi connectivity index (χ2n) is 5.91. The van der Waals surface area contributed by atoms with Crippen molar-refractivity contribution < 1.29 is 0 Å². The van der Waals surface area contributed by atoms with Crippen LogP contribution in [0.5, 0.6) is 0 Å². The molecule has 3 aromatic carbocycles. The highest BCUT2D eigenvalue weighted by molar-refractivity contribution is 8.62. The highest BCUT2D eigenvalue weighted by atomic mass is 32.9. The van der Waals surface area contributed by atoms with Crippen LogP contribution < -0.4 is 15.9 Å². The summed E-state index contributed by atoms with van der Waals surface area (Å²) in [6, 6.07) is 30.4. The van der Waals surface area contributed by atoms with Crippen LogP contribution in [0.4, 0.5) is 0 Å². The number of nitrogens with one attached hydrogen (secondary N) is 2. The van der Waals surface area contributed by atoms with Crippen molar-refractivity contribution in [3.63, 3.8) is 0 Å². The molecule has 0 aliphatic carbocycles. The van der Waals surface area contributed by atoms with Gasteiger partial charge in [0.05, 0.1) is 0 Å². The van der Waals surface area contributed by atoms with Gasteiger partial charge in [0.1, 0.15) is 5.54 Å². The molecule has 4 N–H and O–H groups in total. The minimum Gasteiger partial charge on any atom is -0.326 e. The van der Waals surface area contributed by atoms with Crippen LogP contribution in [-0.4, -0.2) is 0 Å². The van der Waals surface area contributed by atoms with Gasteiger partial charge < -0.3 is 5.73 Å². The van der Waals surface area contributed by atoms with Gasteiger partial charge in [0.15, 0.2) is 0 Å². The van der Waals surface area contributed by atoms with Crippen molar-refractivity contribution in [3.8, 4) is 0 Å². The summed E-state index contributed by atoms with van der Waals surface area (Å²) in [5, 5.41) is 6.65. The third-order valence-electron chi connectivity index (χ3n) is 3.76. The van der Waals surface area contributed by atoms with E-state index < -0.39 is 5.54 Å². The summed E-state index contributed by atoms with van der Waals surface area (Å²) in [7, 11) is 0. The molecule has 0 radical (unpaired) electrons. The van der Waals surface area contributed by atoms with Crippen LogP contribution in [0.3, 0.4) is 0 Å². The Morgan fingerprint density at radius 2 is 1.00 bits per heavy atom. The molecule has 0 atom stereocenters. The Balaban J connectivity index is 0.000000273. The van der Waals surface area contributed by atoms with Gasteiger partial charge in [-0.1, -0.05) is 103 Å². The van der Waals surface area contributed by atoms with Gasteiger partial charge in [-0.15, -0.1) is 12.2 Å². The Morgan fingerprint density at radius 1 is 0.667 bits per heavy atom. The second kappa shape index (κ2) is 12.1. The first-order chi connectivity index (χ1) is 13.1. The van der Waals surface area contributed by atoms with Gasteiger partial charge in [-0.2, -0.15) is 0 Å². The van der Waals surface area contributed by atoms with Crippen LogP contribution in [0.1, 0.15) is 16.7 Å². The lowest BCUT2D eigenvalue weighted by atomic mass is 10.2. The maximum atomic E-state index is 5.49. The first-order valence-corrected chi connectivity index (χ1v) is 12.7. The lowest BCUT2D eigenvalue weighted by molar-refractivity contribution is 0.902. The van der Waals surface area contributed by atoms with Gasteiger partial charge in [-0.3, -0.25) is 10.2 Å². The van der Waals surface area contributed by atoms with Gasteiger partial charge in [-0.05, 0) is 16.7 Å². The van der Waals surface area contributed by atoms with Crippen LogP contribution in [-0.2, 0) is 31.4 Å². The molecule has 0 saturated heterocycles. The molecule has 0 spiro atoms. The number of thiol groups is 1. The normalized spacial score (nSPS) is 10.7. The molecule has 0 bridgehead atoms. The molecule has 0 aliphatic heterocycles. The molecule has 0 saturated carbocycles. The highest BCUT2D eigenvalue weighted by Gasteiger charge is 2.09. The second-order valence-corrected chi connectivity index (χ2v) is 11.9. The summed E-state index contributed by atoms with van der Waals surface area (Å²) in [5.41, 5.74) is 6.97. The first-order valence-electron chi connectivity index (χ1n) is 8.74. The molecule has 0 unspecified atom stereocenters. The fraction of sp³-hybridized carbons (Fsp3) is 0.143. The largest absolute Gasteiger partial charge is 0.326 e. The van der Waals surface area contributed by atoms with Crippen molar-refractivity contribution in [2.24, 2.45) is 5.73 Å². The molecule has 0 heterocycles. The predicted molar refractivity (Wildman–Crippen MR) is 124 cm³/mol. The smallest absolute Gasteiger partial charge is 0.125 e. The minimum atomic E-state index is -2.00. The zero-order valence-electron chi connectivity index (χ0n) is 15.2. The predicted octanol–water partition coefficient (Wildman–Crippen LogP) is 4.87. The Bertz CT molecular complexity index is 767. The molecular formula is C21H26N3PS2. The van der Waals surface area contributed by atoms with Crippen molar-refractivity contribution in [1.82, 2.24) is 10.2 Å². The van der Waals surface area contributed by atoms with E-state index in [0.717, 1.165) is 13.1 Å². The molecule has 0 amide bonds. The number of hydrogen-bond donors (Lipinski definition) is 4. The highest BCUT2D eigenvalue weighted by Crippen LogP contribution is 2.42. The monoisotopic (exact) mass is 415 g/mol. The molecule has 3 aromatic rings. The lowest BCUT2D eigenvalue weighted by Gasteiger charge is -2.19. The van der Waals surface area contributed by atoms with Gasteiger partial charge in [0.2, 0.25) is 0 Å². The van der Waals surface area contributed by atoms with E-state index in [-0.39, 0.29) is 0 Å². The fourth-order valence-corrected chi connectivity index (χ4v) is 3.98. The summed E-state index contributed by atoms with van der Waals surface area (Å²) < 4.78 is 0. The topological polar surface area (TPSA) is 50.1 Å². The van der Waals surface area contributed by atoms with Crippen molar-refractivity contribution in [3.05, 3.63) is 108 Å². The Labute approximate surface area is 172 Å². The SMILES string of the molecule is NCc1ccccc1.S=P(S)(NCc1ccccc1)NCc1ccccc1. The van der Waals surface area contributed by atoms with E-state index in [0.29, 0.717) is 6.54 Å². The van der Waals surface area contributed by atoms with E-state index in [1.165, 1.54) is 16.7 Å². The van der Waals surface area contributed by atoms with Gasteiger partial charge in [-0.25, -0.2) is 0 Å². The quantitative estimate of drug-likeness (QED) is 0.329.